The van der Waals surface area contributed by atoms with Crippen LogP contribution in [0.4, 0.5) is 14.5 Å². The minimum absolute atomic E-state index is 0.0233. The van der Waals surface area contributed by atoms with Crippen molar-refractivity contribution in [2.75, 3.05) is 5.32 Å². The van der Waals surface area contributed by atoms with Gasteiger partial charge in [0, 0.05) is 6.42 Å². The van der Waals surface area contributed by atoms with E-state index >= 15 is 0 Å². The van der Waals surface area contributed by atoms with Crippen molar-refractivity contribution in [3.63, 3.8) is 0 Å². The van der Waals surface area contributed by atoms with Gasteiger partial charge in [0.1, 0.15) is 5.75 Å². The highest BCUT2D eigenvalue weighted by atomic mass is 19.3. The molecular weight excluding hydrogens is 290 g/mol. The lowest BCUT2D eigenvalue weighted by Gasteiger charge is -2.13. The molecule has 0 saturated carbocycles. The van der Waals surface area contributed by atoms with E-state index in [4.69, 9.17) is 5.11 Å². The fourth-order valence-electron chi connectivity index (χ4n) is 1.63. The molecule has 2 N–H and O–H groups in total. The zero-order chi connectivity index (χ0) is 15.4. The van der Waals surface area contributed by atoms with Crippen LogP contribution in [-0.4, -0.2) is 35.4 Å². The molecule has 112 valence electrons. The van der Waals surface area contributed by atoms with Gasteiger partial charge in [-0.2, -0.15) is 8.78 Å². The Labute approximate surface area is 117 Å². The first-order valence-electron chi connectivity index (χ1n) is 5.78. The summed E-state index contributed by atoms with van der Waals surface area (Å²) in [4.78, 5) is 27.2. The molecule has 1 atom stereocenters. The second-order valence-electron chi connectivity index (χ2n) is 4.01. The predicted molar refractivity (Wildman–Crippen MR) is 66.3 cm³/mol. The summed E-state index contributed by atoms with van der Waals surface area (Å²) in [5, 5.41) is 14.3. The first-order chi connectivity index (χ1) is 9.97. The van der Waals surface area contributed by atoms with Gasteiger partial charge >= 0.3 is 12.6 Å². The van der Waals surface area contributed by atoms with E-state index in [9.17, 15) is 18.4 Å². The molecule has 1 heterocycles. The molecule has 2 rings (SSSR count). The molecule has 1 amide bonds. The van der Waals surface area contributed by atoms with Crippen molar-refractivity contribution in [1.82, 2.24) is 0 Å². The topological polar surface area (TPSA) is 97.2 Å². The van der Waals surface area contributed by atoms with Crippen LogP contribution in [0.15, 0.2) is 29.4 Å². The summed E-state index contributed by atoms with van der Waals surface area (Å²) >= 11 is 0. The van der Waals surface area contributed by atoms with E-state index < -0.39 is 24.6 Å². The number of aliphatic carboxylic acids is 1. The molecule has 0 saturated heterocycles. The van der Waals surface area contributed by atoms with E-state index in [0.29, 0.717) is 0 Å². The van der Waals surface area contributed by atoms with E-state index in [-0.39, 0.29) is 23.6 Å². The Hall–Kier alpha value is -2.71. The number of alkyl halides is 2. The van der Waals surface area contributed by atoms with Gasteiger partial charge in [-0.25, -0.2) is 4.79 Å². The SMILES string of the molecule is O=C(O)C1=NOC(C(=O)Nc2ccccc2OC(F)F)C1. The standard InChI is InChI=1S/C12H10F2N2O5/c13-12(14)20-8-4-2-1-3-6(8)15-10(17)9-5-7(11(18)19)16-21-9/h1-4,9,12H,5H2,(H,15,17)(H,18,19). The minimum atomic E-state index is -3.03. The zero-order valence-corrected chi connectivity index (χ0v) is 10.5. The van der Waals surface area contributed by atoms with Crippen molar-refractivity contribution < 1.29 is 33.1 Å². The van der Waals surface area contributed by atoms with Gasteiger partial charge in [0.2, 0.25) is 6.10 Å². The first kappa shape index (κ1) is 14.7. The molecule has 0 aromatic heterocycles. The molecular formula is C12H10F2N2O5. The molecule has 1 aromatic rings. The highest BCUT2D eigenvalue weighted by Crippen LogP contribution is 2.26. The number of amides is 1. The van der Waals surface area contributed by atoms with E-state index in [1.165, 1.54) is 24.3 Å². The monoisotopic (exact) mass is 300 g/mol. The minimum Gasteiger partial charge on any atom is -0.477 e. The van der Waals surface area contributed by atoms with Crippen LogP contribution in [0.1, 0.15) is 6.42 Å². The van der Waals surface area contributed by atoms with Gasteiger partial charge < -0.3 is 20.0 Å². The normalized spacial score (nSPS) is 17.1. The zero-order valence-electron chi connectivity index (χ0n) is 10.5. The maximum atomic E-state index is 12.2. The number of ether oxygens (including phenoxy) is 1. The van der Waals surface area contributed by atoms with Gasteiger partial charge in [-0.3, -0.25) is 4.79 Å². The van der Waals surface area contributed by atoms with Crippen molar-refractivity contribution >= 4 is 23.3 Å². The number of rotatable bonds is 5. The Kier molecular flexibility index (Phi) is 4.31. The number of carboxylic acid groups (broad SMARTS) is 1. The molecule has 1 aromatic carbocycles. The van der Waals surface area contributed by atoms with Crippen molar-refractivity contribution in [2.24, 2.45) is 5.16 Å². The van der Waals surface area contributed by atoms with Gasteiger partial charge in [0.05, 0.1) is 5.69 Å². The fraction of sp³-hybridized carbons (Fsp3) is 0.250. The molecule has 21 heavy (non-hydrogen) atoms. The summed E-state index contributed by atoms with van der Waals surface area (Å²) in [6.07, 6.45) is -1.34. The van der Waals surface area contributed by atoms with Crippen LogP contribution in [-0.2, 0) is 14.4 Å². The Morgan fingerprint density at radius 3 is 2.76 bits per heavy atom. The van der Waals surface area contributed by atoms with Crippen molar-refractivity contribution in [3.8, 4) is 5.75 Å². The number of halogens is 2. The van der Waals surface area contributed by atoms with Gasteiger partial charge in [0.15, 0.2) is 5.71 Å². The summed E-state index contributed by atoms with van der Waals surface area (Å²) in [6, 6.07) is 5.60. The molecule has 0 aliphatic carbocycles. The second kappa shape index (κ2) is 6.16. The average molecular weight is 300 g/mol. The maximum Gasteiger partial charge on any atom is 0.387 e. The maximum absolute atomic E-state index is 12.2. The number of nitrogens with one attached hydrogen (secondary N) is 1. The van der Waals surface area contributed by atoms with Gasteiger partial charge in [-0.05, 0) is 12.1 Å². The third kappa shape index (κ3) is 3.65. The number of carbonyl (C=O) groups is 2. The molecule has 7 nitrogen and oxygen atoms in total. The largest absolute Gasteiger partial charge is 0.477 e. The quantitative estimate of drug-likeness (QED) is 0.858. The molecule has 0 fully saturated rings. The van der Waals surface area contributed by atoms with Crippen LogP contribution in [0, 0.1) is 0 Å². The predicted octanol–water partition coefficient (Wildman–Crippen LogP) is 1.46. The highest BCUT2D eigenvalue weighted by molar-refractivity contribution is 6.36. The van der Waals surface area contributed by atoms with Gasteiger partial charge in [-0.1, -0.05) is 17.3 Å². The van der Waals surface area contributed by atoms with E-state index in [0.717, 1.165) is 0 Å². The summed E-state index contributed by atoms with van der Waals surface area (Å²) in [6.45, 7) is -3.03. The summed E-state index contributed by atoms with van der Waals surface area (Å²) in [7, 11) is 0. The number of nitrogens with zero attached hydrogens (tertiary/aromatic N) is 1. The fourth-order valence-corrected chi connectivity index (χ4v) is 1.63. The van der Waals surface area contributed by atoms with E-state index in [1.54, 1.807) is 0 Å². The number of anilines is 1. The molecule has 9 heteroatoms. The molecule has 1 aliphatic rings. The van der Waals surface area contributed by atoms with Gasteiger partial charge in [0.25, 0.3) is 5.91 Å². The third-order valence-corrected chi connectivity index (χ3v) is 2.57. The Bertz CT molecular complexity index is 591. The Balaban J connectivity index is 2.03. The van der Waals surface area contributed by atoms with Crippen LogP contribution in [0.3, 0.4) is 0 Å². The van der Waals surface area contributed by atoms with Crippen molar-refractivity contribution in [1.29, 1.82) is 0 Å². The van der Waals surface area contributed by atoms with Crippen LogP contribution in [0.5, 0.6) is 5.75 Å². The molecule has 0 spiro atoms. The third-order valence-electron chi connectivity index (χ3n) is 2.57. The van der Waals surface area contributed by atoms with Crippen LogP contribution in [0.25, 0.3) is 0 Å². The first-order valence-corrected chi connectivity index (χ1v) is 5.78. The Morgan fingerprint density at radius 2 is 2.14 bits per heavy atom. The summed E-state index contributed by atoms with van der Waals surface area (Å²) in [5.41, 5.74) is -0.262. The van der Waals surface area contributed by atoms with Crippen LogP contribution >= 0.6 is 0 Å². The number of oxime groups is 1. The van der Waals surface area contributed by atoms with Crippen LogP contribution < -0.4 is 10.1 Å². The lowest BCUT2D eigenvalue weighted by atomic mass is 10.1. The number of carboxylic acids is 1. The van der Waals surface area contributed by atoms with Crippen LogP contribution in [0.2, 0.25) is 0 Å². The average Bonchev–Trinajstić information content (AvgIpc) is 2.90. The van der Waals surface area contributed by atoms with E-state index in [2.05, 4.69) is 20.0 Å². The summed E-state index contributed by atoms with van der Waals surface area (Å²) < 4.78 is 28.7. The molecule has 1 aliphatic heterocycles. The molecule has 1 unspecified atom stereocenters. The lowest BCUT2D eigenvalue weighted by molar-refractivity contribution is -0.129. The second-order valence-corrected chi connectivity index (χ2v) is 4.01. The molecule has 0 bridgehead atoms. The summed E-state index contributed by atoms with van der Waals surface area (Å²) in [5.74, 6) is -2.20. The number of hydrogen-bond acceptors (Lipinski definition) is 5. The number of benzene rings is 1. The Morgan fingerprint density at radius 1 is 1.43 bits per heavy atom. The highest BCUT2D eigenvalue weighted by Gasteiger charge is 2.32. The van der Waals surface area contributed by atoms with Gasteiger partial charge in [-0.15, -0.1) is 0 Å². The molecule has 0 radical (unpaired) electrons. The smallest absolute Gasteiger partial charge is 0.387 e. The van der Waals surface area contributed by atoms with Crippen molar-refractivity contribution in [3.05, 3.63) is 24.3 Å². The van der Waals surface area contributed by atoms with Crippen molar-refractivity contribution in [2.45, 2.75) is 19.1 Å². The number of carbonyl (C=O) groups excluding carboxylic acids is 1. The number of hydrogen-bond donors (Lipinski definition) is 2. The number of para-hydroxylation sites is 2. The van der Waals surface area contributed by atoms with E-state index in [1.807, 2.05) is 0 Å². The lowest BCUT2D eigenvalue weighted by Crippen LogP contribution is -2.29.